The fourth-order valence-electron chi connectivity index (χ4n) is 0.303. The first-order chi connectivity index (χ1) is 4.16. The predicted molar refractivity (Wildman–Crippen MR) is 33.6 cm³/mol. The Balaban J connectivity index is 3.27. The molecule has 0 heterocycles. The normalized spacial score (nSPS) is 9.78. The first-order valence-corrected chi connectivity index (χ1v) is 2.87. The van der Waals surface area contributed by atoms with Gasteiger partial charge in [-0.3, -0.25) is 0 Å². The maximum Gasteiger partial charge on any atom is 0.547 e. The number of primary amides is 1. The first-order valence-electron chi connectivity index (χ1n) is 2.51. The van der Waals surface area contributed by atoms with Crippen molar-refractivity contribution in [2.24, 2.45) is 0 Å². The van der Waals surface area contributed by atoms with Crippen molar-refractivity contribution in [3.63, 3.8) is 0 Å². The number of amides is 1. The molecule has 0 atom stereocenters. The van der Waals surface area contributed by atoms with Crippen LogP contribution in [-0.2, 0) is 9.02 Å². The van der Waals surface area contributed by atoms with Crippen LogP contribution in [0.15, 0.2) is 0 Å². The quantitative estimate of drug-likeness (QED) is 0.329. The number of hydrogen-bond acceptors (Lipinski definition) is 4. The van der Waals surface area contributed by atoms with Gasteiger partial charge in [-0.15, -0.1) is 4.28 Å². The van der Waals surface area contributed by atoms with Gasteiger partial charge in [-0.05, 0) is 13.8 Å². The number of rotatable bonds is 2. The molecule has 0 aliphatic heterocycles. The van der Waals surface area contributed by atoms with Crippen molar-refractivity contribution in [3.8, 4) is 0 Å². The summed E-state index contributed by atoms with van der Waals surface area (Å²) in [6.45, 7) is 3.51. The SMILES string of the molecule is CC(C)OC(=O)[NH2+]OS. The highest BCUT2D eigenvalue weighted by molar-refractivity contribution is 7.74. The minimum absolute atomic E-state index is 0.114. The molecule has 0 fully saturated rings. The van der Waals surface area contributed by atoms with Crippen molar-refractivity contribution < 1.29 is 19.3 Å². The van der Waals surface area contributed by atoms with Crippen molar-refractivity contribution in [2.45, 2.75) is 20.0 Å². The van der Waals surface area contributed by atoms with E-state index in [4.69, 9.17) is 0 Å². The van der Waals surface area contributed by atoms with Gasteiger partial charge in [0, 0.05) is 12.9 Å². The highest BCUT2D eigenvalue weighted by atomic mass is 32.1. The molecule has 0 aliphatic carbocycles. The third-order valence-electron chi connectivity index (χ3n) is 0.501. The van der Waals surface area contributed by atoms with Crippen LogP contribution in [-0.4, -0.2) is 12.2 Å². The van der Waals surface area contributed by atoms with Crippen LogP contribution >= 0.6 is 12.9 Å². The molecule has 5 heteroatoms. The van der Waals surface area contributed by atoms with Crippen LogP contribution in [0.25, 0.3) is 0 Å². The van der Waals surface area contributed by atoms with Crippen molar-refractivity contribution in [1.82, 2.24) is 0 Å². The van der Waals surface area contributed by atoms with E-state index in [0.29, 0.717) is 0 Å². The summed E-state index contributed by atoms with van der Waals surface area (Å²) in [7, 11) is 0. The Kier molecular flexibility index (Phi) is 4.47. The molecule has 0 aliphatic rings. The van der Waals surface area contributed by atoms with Gasteiger partial charge in [0.2, 0.25) is 0 Å². The lowest BCUT2D eigenvalue weighted by Gasteiger charge is -2.01. The minimum Gasteiger partial charge on any atom is -0.415 e. The molecule has 0 bridgehead atoms. The van der Waals surface area contributed by atoms with Crippen LogP contribution in [0.5, 0.6) is 0 Å². The summed E-state index contributed by atoms with van der Waals surface area (Å²) in [5.41, 5.74) is 0.892. The van der Waals surface area contributed by atoms with Gasteiger partial charge in [-0.2, -0.15) is 4.79 Å². The summed E-state index contributed by atoms with van der Waals surface area (Å²) in [5.74, 6) is 0. The van der Waals surface area contributed by atoms with E-state index in [1.54, 1.807) is 13.8 Å². The molecule has 1 amide bonds. The zero-order valence-electron chi connectivity index (χ0n) is 5.33. The minimum atomic E-state index is -0.514. The number of quaternary nitrogens is 1. The molecule has 0 rings (SSSR count). The van der Waals surface area contributed by atoms with E-state index >= 15 is 0 Å². The molecular weight excluding hydrogens is 142 g/mol. The summed E-state index contributed by atoms with van der Waals surface area (Å²) in [6, 6.07) is 0. The van der Waals surface area contributed by atoms with E-state index in [-0.39, 0.29) is 6.10 Å². The van der Waals surface area contributed by atoms with Gasteiger partial charge in [0.1, 0.15) is 6.10 Å². The molecule has 0 aromatic rings. The zero-order valence-corrected chi connectivity index (χ0v) is 6.22. The Bertz CT molecular complexity index is 95.8. The van der Waals surface area contributed by atoms with E-state index in [2.05, 4.69) is 21.9 Å². The molecule has 0 saturated heterocycles. The third-order valence-corrected chi connectivity index (χ3v) is 0.606. The molecule has 0 aromatic heterocycles. The Morgan fingerprint density at radius 1 is 1.67 bits per heavy atom. The van der Waals surface area contributed by atoms with Crippen LogP contribution in [0.4, 0.5) is 4.79 Å². The highest BCUT2D eigenvalue weighted by Gasteiger charge is 2.07. The standard InChI is InChI=1S/C4H9NO3S/c1-3(2)7-4(6)5-8-9/h3,9H,1-2H3,(H,5,6)/p+1. The van der Waals surface area contributed by atoms with Gasteiger partial charge in [0.25, 0.3) is 0 Å². The topological polar surface area (TPSA) is 52.1 Å². The Labute approximate surface area is 59.1 Å². The Morgan fingerprint density at radius 3 is 2.56 bits per heavy atom. The van der Waals surface area contributed by atoms with Crippen LogP contribution in [0.3, 0.4) is 0 Å². The highest BCUT2D eigenvalue weighted by Crippen LogP contribution is 1.83. The monoisotopic (exact) mass is 152 g/mol. The number of hydroxylamine groups is 1. The lowest BCUT2D eigenvalue weighted by Crippen LogP contribution is -2.85. The maximum absolute atomic E-state index is 10.4. The van der Waals surface area contributed by atoms with E-state index in [1.807, 2.05) is 0 Å². The number of thiol groups is 1. The Hall–Kier alpha value is -0.260. The molecule has 0 aromatic carbocycles. The first kappa shape index (κ1) is 8.74. The van der Waals surface area contributed by atoms with Gasteiger partial charge in [0.15, 0.2) is 0 Å². The van der Waals surface area contributed by atoms with E-state index in [1.165, 1.54) is 0 Å². The van der Waals surface area contributed by atoms with E-state index in [0.717, 1.165) is 5.48 Å². The maximum atomic E-state index is 10.4. The summed E-state index contributed by atoms with van der Waals surface area (Å²) < 4.78 is 8.72. The van der Waals surface area contributed by atoms with E-state index < -0.39 is 6.09 Å². The lowest BCUT2D eigenvalue weighted by atomic mass is 10.5. The van der Waals surface area contributed by atoms with Crippen molar-refractivity contribution in [2.75, 3.05) is 0 Å². The van der Waals surface area contributed by atoms with Crippen molar-refractivity contribution in [3.05, 3.63) is 0 Å². The van der Waals surface area contributed by atoms with Gasteiger partial charge < -0.3 is 4.74 Å². The van der Waals surface area contributed by atoms with Crippen LogP contribution < -0.4 is 5.48 Å². The van der Waals surface area contributed by atoms with Crippen molar-refractivity contribution in [1.29, 1.82) is 0 Å². The van der Waals surface area contributed by atoms with Crippen LogP contribution in [0.2, 0.25) is 0 Å². The molecule has 9 heavy (non-hydrogen) atoms. The third kappa shape index (κ3) is 5.61. The smallest absolute Gasteiger partial charge is 0.415 e. The largest absolute Gasteiger partial charge is 0.547 e. The zero-order chi connectivity index (χ0) is 7.28. The number of carbonyl (C=O) groups excluding carboxylic acids is 1. The second kappa shape index (κ2) is 4.60. The Morgan fingerprint density at radius 2 is 2.22 bits per heavy atom. The number of carbonyl (C=O) groups is 1. The second-order valence-corrected chi connectivity index (χ2v) is 1.92. The molecule has 0 saturated carbocycles. The molecule has 0 spiro atoms. The molecule has 0 radical (unpaired) electrons. The van der Waals surface area contributed by atoms with Crippen molar-refractivity contribution >= 4 is 19.0 Å². The molecule has 0 unspecified atom stereocenters. The van der Waals surface area contributed by atoms with Gasteiger partial charge >= 0.3 is 6.09 Å². The lowest BCUT2D eigenvalue weighted by molar-refractivity contribution is -0.783. The number of nitrogens with two attached hydrogens (primary N) is 1. The number of hydrogen-bond donors (Lipinski definition) is 2. The fraction of sp³-hybridized carbons (Fsp3) is 0.750. The summed E-state index contributed by atoms with van der Waals surface area (Å²) in [5, 5.41) is 0. The van der Waals surface area contributed by atoms with E-state index in [9.17, 15) is 4.79 Å². The average Bonchev–Trinajstić information content (AvgIpc) is 1.63. The average molecular weight is 152 g/mol. The molecular formula is C4H10NO3S+. The van der Waals surface area contributed by atoms with Gasteiger partial charge in [-0.25, -0.2) is 0 Å². The van der Waals surface area contributed by atoms with Crippen LogP contribution in [0.1, 0.15) is 13.8 Å². The summed E-state index contributed by atoms with van der Waals surface area (Å²) in [6.07, 6.45) is -0.628. The van der Waals surface area contributed by atoms with Crippen LogP contribution in [0, 0.1) is 0 Å². The molecule has 54 valence electrons. The number of ether oxygens (including phenoxy) is 1. The summed E-state index contributed by atoms with van der Waals surface area (Å²) >= 11 is 3.33. The predicted octanol–water partition coefficient (Wildman–Crippen LogP) is -0.129. The molecule has 4 nitrogen and oxygen atoms in total. The fourth-order valence-corrected chi connectivity index (χ4v) is 0.389. The molecule has 2 N–H and O–H groups in total. The summed E-state index contributed by atoms with van der Waals surface area (Å²) in [4.78, 5) is 10.4. The van der Waals surface area contributed by atoms with Gasteiger partial charge in [-0.1, -0.05) is 5.48 Å². The second-order valence-electron chi connectivity index (χ2n) is 1.71. The van der Waals surface area contributed by atoms with Gasteiger partial charge in [0.05, 0.1) is 0 Å².